The summed E-state index contributed by atoms with van der Waals surface area (Å²) in [6.45, 7) is 3.51. The van der Waals surface area contributed by atoms with Crippen molar-refractivity contribution in [2.75, 3.05) is 0 Å². The molecule has 0 saturated carbocycles. The Labute approximate surface area is 91.9 Å². The first-order valence-electron chi connectivity index (χ1n) is 4.53. The van der Waals surface area contributed by atoms with Crippen molar-refractivity contribution in [2.45, 2.75) is 19.4 Å². The monoisotopic (exact) mass is 222 g/mol. The fraction of sp³-hybridized carbons (Fsp3) is 0.400. The van der Waals surface area contributed by atoms with Crippen LogP contribution in [0.4, 0.5) is 0 Å². The number of hydrogen-bond acceptors (Lipinski definition) is 6. The van der Waals surface area contributed by atoms with E-state index in [4.69, 9.17) is 9.68 Å². The van der Waals surface area contributed by atoms with Crippen molar-refractivity contribution in [3.05, 3.63) is 24.0 Å². The minimum absolute atomic E-state index is 0.258. The van der Waals surface area contributed by atoms with Crippen molar-refractivity contribution in [2.24, 2.45) is 16.2 Å². The van der Waals surface area contributed by atoms with Gasteiger partial charge in [-0.2, -0.15) is 0 Å². The van der Waals surface area contributed by atoms with Gasteiger partial charge < -0.3 is 9.68 Å². The van der Waals surface area contributed by atoms with Gasteiger partial charge >= 0.3 is 0 Å². The van der Waals surface area contributed by atoms with E-state index in [1.807, 2.05) is 0 Å². The Kier molecular flexibility index (Phi) is 3.78. The number of carbonyl (C=O) groups excluding carboxylic acids is 2. The summed E-state index contributed by atoms with van der Waals surface area (Å²) in [7, 11) is 0. The van der Waals surface area contributed by atoms with E-state index in [1.54, 1.807) is 32.1 Å². The minimum atomic E-state index is -0.833. The molecule has 0 amide bonds. The molecule has 2 atom stereocenters. The summed E-state index contributed by atoms with van der Waals surface area (Å²) in [5.74, 6) is 0.168. The van der Waals surface area contributed by atoms with E-state index in [1.165, 1.54) is 12.2 Å². The lowest BCUT2D eigenvalue weighted by Gasteiger charge is -2.31. The van der Waals surface area contributed by atoms with E-state index in [0.29, 0.717) is 5.76 Å². The highest BCUT2D eigenvalue weighted by molar-refractivity contribution is 5.33. The molecule has 0 N–H and O–H groups in total. The highest BCUT2D eigenvalue weighted by Gasteiger charge is 2.37. The molecule has 0 aromatic rings. The van der Waals surface area contributed by atoms with Crippen LogP contribution in [0.1, 0.15) is 13.8 Å². The van der Waals surface area contributed by atoms with E-state index >= 15 is 0 Å². The molecular weight excluding hydrogens is 212 g/mol. The standard InChI is InChI=1S/C10H10N2O4/c1-8-9(15-11-6-13)4-3-5-10(8,2)16-12-7-14/h3-5,8H,1-2H3. The molecule has 0 aliphatic heterocycles. The first kappa shape index (κ1) is 11.9. The molecule has 1 aliphatic carbocycles. The highest BCUT2D eigenvalue weighted by atomic mass is 16.7. The predicted molar refractivity (Wildman–Crippen MR) is 53.2 cm³/mol. The van der Waals surface area contributed by atoms with Crippen molar-refractivity contribution < 1.29 is 19.3 Å². The van der Waals surface area contributed by atoms with Crippen LogP contribution < -0.4 is 0 Å². The van der Waals surface area contributed by atoms with Crippen LogP contribution >= 0.6 is 0 Å². The summed E-state index contributed by atoms with van der Waals surface area (Å²) in [6, 6.07) is 0. The van der Waals surface area contributed by atoms with E-state index in [0.717, 1.165) is 0 Å². The van der Waals surface area contributed by atoms with Crippen LogP contribution in [0.25, 0.3) is 0 Å². The highest BCUT2D eigenvalue weighted by Crippen LogP contribution is 2.33. The van der Waals surface area contributed by atoms with Gasteiger partial charge in [0.05, 0.1) is 5.92 Å². The largest absolute Gasteiger partial charge is 0.375 e. The molecule has 2 unspecified atom stereocenters. The summed E-state index contributed by atoms with van der Waals surface area (Å²) in [6.07, 6.45) is 7.58. The average molecular weight is 222 g/mol. The number of rotatable bonds is 4. The Morgan fingerprint density at radius 2 is 2.06 bits per heavy atom. The summed E-state index contributed by atoms with van der Waals surface area (Å²) in [5.41, 5.74) is -0.833. The zero-order valence-electron chi connectivity index (χ0n) is 8.84. The van der Waals surface area contributed by atoms with Gasteiger partial charge in [0, 0.05) is 10.3 Å². The van der Waals surface area contributed by atoms with Crippen molar-refractivity contribution in [3.8, 4) is 0 Å². The second kappa shape index (κ2) is 5.07. The zero-order valence-corrected chi connectivity index (χ0v) is 8.84. The summed E-state index contributed by atoms with van der Waals surface area (Å²) in [5, 5.41) is 6.11. The smallest absolute Gasteiger partial charge is 0.277 e. The van der Waals surface area contributed by atoms with Crippen LogP contribution in [0.2, 0.25) is 0 Å². The third-order valence-corrected chi connectivity index (χ3v) is 2.44. The third kappa shape index (κ3) is 2.45. The zero-order chi connectivity index (χ0) is 12.0. The maximum absolute atomic E-state index is 9.99. The summed E-state index contributed by atoms with van der Waals surface area (Å²) in [4.78, 5) is 29.7. The van der Waals surface area contributed by atoms with Gasteiger partial charge in [0.15, 0.2) is 5.60 Å². The van der Waals surface area contributed by atoms with Gasteiger partial charge in [-0.1, -0.05) is 13.0 Å². The lowest BCUT2D eigenvalue weighted by molar-refractivity contribution is -0.0365. The van der Waals surface area contributed by atoms with Gasteiger partial charge in [-0.05, 0) is 19.1 Å². The van der Waals surface area contributed by atoms with E-state index in [9.17, 15) is 9.59 Å². The SMILES string of the molecule is CC1C(ON=C=O)=CC=CC1(C)ON=C=O. The van der Waals surface area contributed by atoms with Crippen molar-refractivity contribution in [1.29, 1.82) is 0 Å². The minimum Gasteiger partial charge on any atom is -0.375 e. The van der Waals surface area contributed by atoms with Crippen molar-refractivity contribution in [3.63, 3.8) is 0 Å². The maximum atomic E-state index is 9.99. The molecule has 0 aromatic heterocycles. The van der Waals surface area contributed by atoms with Crippen LogP contribution in [0, 0.1) is 5.92 Å². The first-order valence-corrected chi connectivity index (χ1v) is 4.53. The Bertz CT molecular complexity index is 417. The average Bonchev–Trinajstić information content (AvgIpc) is 2.29. The second-order valence-corrected chi connectivity index (χ2v) is 3.38. The number of nitrogens with zero attached hydrogens (tertiary/aromatic N) is 2. The molecule has 0 saturated heterocycles. The molecule has 16 heavy (non-hydrogen) atoms. The molecule has 0 heterocycles. The molecule has 1 rings (SSSR count). The fourth-order valence-electron chi connectivity index (χ4n) is 1.31. The lowest BCUT2D eigenvalue weighted by atomic mass is 9.85. The molecule has 84 valence electrons. The molecule has 0 radical (unpaired) electrons. The van der Waals surface area contributed by atoms with E-state index < -0.39 is 5.60 Å². The Balaban J connectivity index is 2.86. The molecule has 0 aromatic carbocycles. The van der Waals surface area contributed by atoms with Gasteiger partial charge in [0.2, 0.25) is 0 Å². The molecule has 0 spiro atoms. The quantitative estimate of drug-likeness (QED) is 0.409. The van der Waals surface area contributed by atoms with Crippen LogP contribution in [-0.4, -0.2) is 17.8 Å². The lowest BCUT2D eigenvalue weighted by Crippen LogP contribution is -2.35. The Hall–Kier alpha value is -2.16. The second-order valence-electron chi connectivity index (χ2n) is 3.38. The van der Waals surface area contributed by atoms with Crippen LogP contribution in [0.15, 0.2) is 34.3 Å². The third-order valence-electron chi connectivity index (χ3n) is 2.44. The topological polar surface area (TPSA) is 77.3 Å². The fourth-order valence-corrected chi connectivity index (χ4v) is 1.31. The van der Waals surface area contributed by atoms with Gasteiger partial charge in [-0.25, -0.2) is 9.59 Å². The van der Waals surface area contributed by atoms with Crippen molar-refractivity contribution >= 4 is 12.2 Å². The molecule has 6 nitrogen and oxygen atoms in total. The summed E-state index contributed by atoms with van der Waals surface area (Å²) >= 11 is 0. The predicted octanol–water partition coefficient (Wildman–Crippen LogP) is 1.37. The maximum Gasteiger partial charge on any atom is 0.277 e. The van der Waals surface area contributed by atoms with Crippen LogP contribution in [0.5, 0.6) is 0 Å². The summed E-state index contributed by atoms with van der Waals surface area (Å²) < 4.78 is 0. The van der Waals surface area contributed by atoms with E-state index in [-0.39, 0.29) is 5.92 Å². The van der Waals surface area contributed by atoms with E-state index in [2.05, 4.69) is 10.3 Å². The van der Waals surface area contributed by atoms with Gasteiger partial charge in [0.25, 0.3) is 12.2 Å². The molecule has 6 heteroatoms. The normalized spacial score (nSPS) is 27.1. The molecule has 0 bridgehead atoms. The number of allylic oxidation sites excluding steroid dienone is 2. The Morgan fingerprint density at radius 1 is 1.38 bits per heavy atom. The first-order chi connectivity index (χ1) is 7.64. The van der Waals surface area contributed by atoms with Crippen LogP contribution in [-0.2, 0) is 19.3 Å². The molecule has 1 aliphatic rings. The van der Waals surface area contributed by atoms with Gasteiger partial charge in [0.1, 0.15) is 5.76 Å². The molecule has 0 fully saturated rings. The number of isocyanates is 2. The van der Waals surface area contributed by atoms with Gasteiger partial charge in [-0.3, -0.25) is 0 Å². The number of hydrogen-bond donors (Lipinski definition) is 0. The molecular formula is C10H10N2O4. The van der Waals surface area contributed by atoms with Crippen LogP contribution in [0.3, 0.4) is 0 Å². The van der Waals surface area contributed by atoms with Gasteiger partial charge in [-0.15, -0.1) is 0 Å². The Morgan fingerprint density at radius 3 is 2.69 bits per heavy atom. The van der Waals surface area contributed by atoms with Crippen molar-refractivity contribution in [1.82, 2.24) is 0 Å².